The Morgan fingerprint density at radius 1 is 1.17 bits per heavy atom. The van der Waals surface area contributed by atoms with E-state index >= 15 is 0 Å². The molecule has 2 aromatic carbocycles. The Morgan fingerprint density at radius 2 is 1.83 bits per heavy atom. The third kappa shape index (κ3) is 4.89. The molecule has 0 saturated heterocycles. The number of hydrogen-bond donors (Lipinski definition) is 0. The van der Waals surface area contributed by atoms with Crippen LogP contribution in [-0.4, -0.2) is 15.2 Å². The number of fused-ring (bicyclic) bond motifs is 1. The fourth-order valence-corrected chi connectivity index (χ4v) is 4.27. The van der Waals surface area contributed by atoms with Gasteiger partial charge in [0.05, 0.1) is 23.2 Å². The van der Waals surface area contributed by atoms with Crippen LogP contribution < -0.4 is 4.74 Å². The highest BCUT2D eigenvalue weighted by Gasteiger charge is 2.25. The van der Waals surface area contributed by atoms with Gasteiger partial charge >= 0.3 is 0 Å². The van der Waals surface area contributed by atoms with E-state index in [1.165, 1.54) is 18.2 Å². The maximum absolute atomic E-state index is 14.3. The molecule has 0 amide bonds. The Bertz CT molecular complexity index is 1440. The molecular formula is C27H22ClF2N3O2. The lowest BCUT2D eigenvalue weighted by Gasteiger charge is -2.17. The zero-order valence-corrected chi connectivity index (χ0v) is 20.1. The first-order valence-corrected chi connectivity index (χ1v) is 11.4. The molecule has 4 aromatic rings. The number of aryl methyl sites for hydroxylation is 2. The average Bonchev–Trinajstić information content (AvgIpc) is 3.13. The molecule has 5 nitrogen and oxygen atoms in total. The summed E-state index contributed by atoms with van der Waals surface area (Å²) in [5, 5.41) is 10.2. The monoisotopic (exact) mass is 493 g/mol. The van der Waals surface area contributed by atoms with Crippen LogP contribution in [0.4, 0.5) is 8.78 Å². The van der Waals surface area contributed by atoms with E-state index in [9.17, 15) is 18.8 Å². The fourth-order valence-electron chi connectivity index (χ4n) is 4.14. The number of benzene rings is 2. The topological polar surface area (TPSA) is 67.4 Å². The zero-order chi connectivity index (χ0) is 25.3. The average molecular weight is 494 g/mol. The number of halogens is 3. The van der Waals surface area contributed by atoms with Gasteiger partial charge in [-0.2, -0.15) is 5.26 Å². The lowest BCUT2D eigenvalue weighted by atomic mass is 9.94. The SMILES string of the molecule is Cc1cc(OC(C)c2c(F)cccc2F)c2nc(C)c(C(=O)CC(C#N)c3ccc(Cl)cc3)n2c1. The molecule has 2 heterocycles. The molecule has 0 saturated carbocycles. The summed E-state index contributed by atoms with van der Waals surface area (Å²) in [7, 11) is 0. The Balaban J connectivity index is 1.69. The summed E-state index contributed by atoms with van der Waals surface area (Å²) >= 11 is 5.94. The summed E-state index contributed by atoms with van der Waals surface area (Å²) in [6.07, 6.45) is 0.757. The minimum atomic E-state index is -0.939. The van der Waals surface area contributed by atoms with Crippen LogP contribution in [0.15, 0.2) is 54.7 Å². The molecular weight excluding hydrogens is 472 g/mol. The van der Waals surface area contributed by atoms with Gasteiger partial charge < -0.3 is 4.74 Å². The number of ether oxygens (including phenoxy) is 1. The molecule has 0 spiro atoms. The van der Waals surface area contributed by atoms with Crippen molar-refractivity contribution in [2.45, 2.75) is 39.2 Å². The Morgan fingerprint density at radius 3 is 2.46 bits per heavy atom. The van der Waals surface area contributed by atoms with E-state index in [1.54, 1.807) is 54.8 Å². The maximum atomic E-state index is 14.3. The predicted octanol–water partition coefficient (Wildman–Crippen LogP) is 6.90. The van der Waals surface area contributed by atoms with E-state index in [2.05, 4.69) is 11.1 Å². The lowest BCUT2D eigenvalue weighted by molar-refractivity contribution is 0.0972. The fraction of sp³-hybridized carbons (Fsp3) is 0.222. The number of carbonyl (C=O) groups excluding carboxylic acids is 1. The zero-order valence-electron chi connectivity index (χ0n) is 19.3. The standard InChI is InChI=1S/C27H22ClF2N3O2/c1-15-11-24(35-17(3)25-21(29)5-4-6-22(25)30)27-32-16(2)26(33(27)14-15)23(34)12-19(13-31)18-7-9-20(28)10-8-18/h4-11,14,17,19H,12H2,1-3H3. The number of carbonyl (C=O) groups is 1. The van der Waals surface area contributed by atoms with Gasteiger partial charge in [0.1, 0.15) is 23.4 Å². The smallest absolute Gasteiger partial charge is 0.183 e. The van der Waals surface area contributed by atoms with Crippen LogP contribution >= 0.6 is 11.6 Å². The number of aromatic nitrogens is 2. The molecule has 0 aliphatic heterocycles. The first-order valence-electron chi connectivity index (χ1n) is 11.0. The van der Waals surface area contributed by atoms with Crippen molar-refractivity contribution in [1.29, 1.82) is 5.26 Å². The van der Waals surface area contributed by atoms with E-state index < -0.39 is 23.7 Å². The van der Waals surface area contributed by atoms with Crippen LogP contribution in [0.1, 0.15) is 58.2 Å². The van der Waals surface area contributed by atoms with Crippen LogP contribution in [-0.2, 0) is 0 Å². The molecule has 0 bridgehead atoms. The molecule has 178 valence electrons. The number of nitrogens with zero attached hydrogens (tertiary/aromatic N) is 3. The first kappa shape index (κ1) is 24.4. The molecule has 4 rings (SSSR count). The highest BCUT2D eigenvalue weighted by molar-refractivity contribution is 6.30. The van der Waals surface area contributed by atoms with Gasteiger partial charge in [-0.3, -0.25) is 9.20 Å². The second-order valence-electron chi connectivity index (χ2n) is 8.38. The van der Waals surface area contributed by atoms with Crippen molar-refractivity contribution >= 4 is 23.0 Å². The van der Waals surface area contributed by atoms with E-state index in [1.807, 2.05) is 6.92 Å². The Hall–Kier alpha value is -3.76. The van der Waals surface area contributed by atoms with Gasteiger partial charge in [0.25, 0.3) is 0 Å². The second-order valence-corrected chi connectivity index (χ2v) is 8.81. The van der Waals surface area contributed by atoms with E-state index in [-0.39, 0.29) is 23.5 Å². The summed E-state index contributed by atoms with van der Waals surface area (Å²) in [5.74, 6) is -2.05. The number of Topliss-reactive ketones (excluding diaryl/α,β-unsaturated/α-hetero) is 1. The second kappa shape index (κ2) is 9.85. The van der Waals surface area contributed by atoms with E-state index in [0.717, 1.165) is 5.56 Å². The summed E-state index contributed by atoms with van der Waals surface area (Å²) in [6.45, 7) is 5.06. The van der Waals surface area contributed by atoms with Gasteiger partial charge in [-0.15, -0.1) is 0 Å². The molecule has 0 fully saturated rings. The van der Waals surface area contributed by atoms with Gasteiger partial charge in [0.2, 0.25) is 0 Å². The minimum absolute atomic E-state index is 0.0479. The summed E-state index contributed by atoms with van der Waals surface area (Å²) in [5.41, 5.74) is 2.40. The van der Waals surface area contributed by atoms with Crippen molar-refractivity contribution in [3.05, 3.63) is 99.5 Å². The van der Waals surface area contributed by atoms with Gasteiger partial charge in [0, 0.05) is 17.6 Å². The number of rotatable bonds is 7. The highest BCUT2D eigenvalue weighted by Crippen LogP contribution is 2.32. The van der Waals surface area contributed by atoms with Crippen molar-refractivity contribution in [3.63, 3.8) is 0 Å². The van der Waals surface area contributed by atoms with Crippen LogP contribution in [0.5, 0.6) is 5.75 Å². The van der Waals surface area contributed by atoms with E-state index in [0.29, 0.717) is 27.6 Å². The van der Waals surface area contributed by atoms with Crippen LogP contribution in [0, 0.1) is 36.8 Å². The number of pyridine rings is 1. The minimum Gasteiger partial charge on any atom is -0.482 e. The molecule has 0 aliphatic rings. The molecule has 2 aromatic heterocycles. The molecule has 0 aliphatic carbocycles. The normalized spacial score (nSPS) is 12.8. The largest absolute Gasteiger partial charge is 0.482 e. The molecule has 2 atom stereocenters. The number of nitriles is 1. The summed E-state index contributed by atoms with van der Waals surface area (Å²) < 4.78 is 36.1. The summed E-state index contributed by atoms with van der Waals surface area (Å²) in [6, 6.07) is 14.3. The lowest BCUT2D eigenvalue weighted by Crippen LogP contribution is -2.11. The van der Waals surface area contributed by atoms with E-state index in [4.69, 9.17) is 16.3 Å². The first-order chi connectivity index (χ1) is 16.7. The quantitative estimate of drug-likeness (QED) is 0.262. The van der Waals surface area contributed by atoms with Crippen molar-refractivity contribution < 1.29 is 18.3 Å². The summed E-state index contributed by atoms with van der Waals surface area (Å²) in [4.78, 5) is 17.8. The van der Waals surface area contributed by atoms with Gasteiger partial charge in [0.15, 0.2) is 17.2 Å². The molecule has 8 heteroatoms. The third-order valence-electron chi connectivity index (χ3n) is 5.79. The predicted molar refractivity (Wildman–Crippen MR) is 129 cm³/mol. The van der Waals surface area contributed by atoms with Crippen molar-refractivity contribution in [2.75, 3.05) is 0 Å². The van der Waals surface area contributed by atoms with Crippen LogP contribution in [0.2, 0.25) is 5.02 Å². The third-order valence-corrected chi connectivity index (χ3v) is 6.04. The molecule has 0 radical (unpaired) electrons. The van der Waals surface area contributed by atoms with Crippen molar-refractivity contribution in [1.82, 2.24) is 9.38 Å². The molecule has 2 unspecified atom stereocenters. The van der Waals surface area contributed by atoms with Crippen LogP contribution in [0.25, 0.3) is 5.65 Å². The molecule has 0 N–H and O–H groups in total. The number of ketones is 1. The van der Waals surface area contributed by atoms with Crippen molar-refractivity contribution in [3.8, 4) is 11.8 Å². The van der Waals surface area contributed by atoms with Crippen molar-refractivity contribution in [2.24, 2.45) is 0 Å². The van der Waals surface area contributed by atoms with Crippen LogP contribution in [0.3, 0.4) is 0 Å². The Labute approximate surface area is 206 Å². The van der Waals surface area contributed by atoms with Gasteiger partial charge in [-0.25, -0.2) is 13.8 Å². The number of imidazole rings is 1. The highest BCUT2D eigenvalue weighted by atomic mass is 35.5. The molecule has 35 heavy (non-hydrogen) atoms. The van der Waals surface area contributed by atoms with Gasteiger partial charge in [-0.05, 0) is 62.2 Å². The number of hydrogen-bond acceptors (Lipinski definition) is 4. The Kier molecular flexibility index (Phi) is 6.86. The maximum Gasteiger partial charge on any atom is 0.183 e. The van der Waals surface area contributed by atoms with Gasteiger partial charge in [-0.1, -0.05) is 29.8 Å².